The summed E-state index contributed by atoms with van der Waals surface area (Å²) in [6, 6.07) is 9.54. The van der Waals surface area contributed by atoms with Crippen LogP contribution in [-0.4, -0.2) is 78.9 Å². The molecular weight excluding hydrogens is 454 g/mol. The Labute approximate surface area is 214 Å². The molecule has 3 fully saturated rings. The van der Waals surface area contributed by atoms with Gasteiger partial charge in [-0.05, 0) is 74.8 Å². The Morgan fingerprint density at radius 3 is 2.56 bits per heavy atom. The minimum absolute atomic E-state index is 0.197. The number of amidine groups is 1. The summed E-state index contributed by atoms with van der Waals surface area (Å²) in [7, 11) is 0. The Morgan fingerprint density at radius 1 is 1.25 bits per heavy atom. The molecule has 36 heavy (non-hydrogen) atoms. The lowest BCUT2D eigenvalue weighted by atomic mass is 9.52. The second-order valence-electron chi connectivity index (χ2n) is 10.6. The number of piperazine rings is 1. The van der Waals surface area contributed by atoms with Crippen molar-refractivity contribution in [2.24, 2.45) is 16.1 Å². The number of nitrogens with two attached hydrogens (primary N) is 1. The minimum atomic E-state index is -0.197. The maximum atomic E-state index is 12.6. The number of carbonyl (C=O) groups is 2. The van der Waals surface area contributed by atoms with Crippen molar-refractivity contribution in [1.82, 2.24) is 25.8 Å². The largest absolute Gasteiger partial charge is 0.335 e. The van der Waals surface area contributed by atoms with Crippen molar-refractivity contribution in [2.45, 2.75) is 64.1 Å². The average molecular weight is 496 g/mol. The van der Waals surface area contributed by atoms with E-state index in [0.717, 1.165) is 31.7 Å². The van der Waals surface area contributed by atoms with Crippen molar-refractivity contribution in [3.8, 4) is 0 Å². The van der Waals surface area contributed by atoms with Crippen molar-refractivity contribution in [1.29, 1.82) is 0 Å². The van der Waals surface area contributed by atoms with Crippen LogP contribution in [0.2, 0.25) is 0 Å². The first-order valence-corrected chi connectivity index (χ1v) is 13.2. The first-order valence-electron chi connectivity index (χ1n) is 13.2. The van der Waals surface area contributed by atoms with Gasteiger partial charge < -0.3 is 21.3 Å². The van der Waals surface area contributed by atoms with E-state index in [4.69, 9.17) is 5.73 Å². The molecule has 9 nitrogen and oxygen atoms in total. The van der Waals surface area contributed by atoms with E-state index in [-0.39, 0.29) is 6.03 Å². The molecule has 1 saturated heterocycles. The zero-order chi connectivity index (χ0) is 25.5. The normalized spacial score (nSPS) is 27.0. The molecule has 1 aromatic rings. The summed E-state index contributed by atoms with van der Waals surface area (Å²) in [6.07, 6.45) is 9.60. The first kappa shape index (κ1) is 26.3. The van der Waals surface area contributed by atoms with Gasteiger partial charge in [0.05, 0.1) is 5.69 Å². The molecule has 1 aromatic carbocycles. The van der Waals surface area contributed by atoms with Gasteiger partial charge in [-0.1, -0.05) is 19.1 Å². The molecule has 4 rings (SSSR count). The number of rotatable bonds is 9. The molecule has 0 radical (unpaired) electrons. The number of carbonyl (C=O) groups excluding carboxylic acids is 2. The summed E-state index contributed by atoms with van der Waals surface area (Å²) < 4.78 is 0. The number of hydrogen-bond donors (Lipinski definition) is 4. The van der Waals surface area contributed by atoms with Crippen LogP contribution in [-0.2, 0) is 11.2 Å². The van der Waals surface area contributed by atoms with E-state index in [0.29, 0.717) is 48.9 Å². The van der Waals surface area contributed by atoms with Crippen LogP contribution in [0.3, 0.4) is 0 Å². The lowest BCUT2D eigenvalue weighted by Crippen LogP contribution is -2.61. The summed E-state index contributed by atoms with van der Waals surface area (Å²) in [5, 5.41) is 8.56. The summed E-state index contributed by atoms with van der Waals surface area (Å²) in [5.74, 6) is 0.376. The van der Waals surface area contributed by atoms with Crippen molar-refractivity contribution >= 4 is 24.0 Å². The average Bonchev–Trinajstić information content (AvgIpc) is 2.84. The molecule has 0 bridgehead atoms. The molecule has 1 unspecified atom stereocenters. The maximum Gasteiger partial charge on any atom is 0.323 e. The van der Waals surface area contributed by atoms with Gasteiger partial charge in [0.25, 0.3) is 0 Å². The van der Waals surface area contributed by atoms with Gasteiger partial charge in [0.1, 0.15) is 5.84 Å². The lowest BCUT2D eigenvalue weighted by Gasteiger charge is -2.60. The van der Waals surface area contributed by atoms with Crippen LogP contribution in [0, 0.1) is 5.41 Å². The van der Waals surface area contributed by atoms with E-state index in [1.165, 1.54) is 37.4 Å². The van der Waals surface area contributed by atoms with E-state index < -0.39 is 0 Å². The van der Waals surface area contributed by atoms with E-state index in [2.05, 4.69) is 51.8 Å². The van der Waals surface area contributed by atoms with Gasteiger partial charge in [0.15, 0.2) is 0 Å². The lowest BCUT2D eigenvalue weighted by molar-refractivity contribution is -0.108. The van der Waals surface area contributed by atoms with Gasteiger partial charge in [-0.15, -0.1) is 0 Å². The molecule has 196 valence electrons. The van der Waals surface area contributed by atoms with Crippen LogP contribution in [0.1, 0.15) is 45.1 Å². The molecule has 2 saturated carbocycles. The highest BCUT2D eigenvalue weighted by Crippen LogP contribution is 2.56. The molecule has 2 aliphatic carbocycles. The summed E-state index contributed by atoms with van der Waals surface area (Å²) in [4.78, 5) is 32.3. The maximum absolute atomic E-state index is 12.6. The number of amides is 3. The van der Waals surface area contributed by atoms with Gasteiger partial charge in [-0.2, -0.15) is 0 Å². The van der Waals surface area contributed by atoms with Crippen molar-refractivity contribution in [3.63, 3.8) is 0 Å². The molecule has 3 aliphatic rings. The molecule has 1 spiro atoms. The van der Waals surface area contributed by atoms with Crippen molar-refractivity contribution < 1.29 is 9.59 Å². The topological polar surface area (TPSA) is 115 Å². The number of urea groups is 1. The fourth-order valence-electron chi connectivity index (χ4n) is 6.12. The van der Waals surface area contributed by atoms with Crippen LogP contribution < -0.4 is 21.7 Å². The molecular formula is C27H41N7O2. The molecule has 3 amide bonds. The highest BCUT2D eigenvalue weighted by molar-refractivity contribution is 6.04. The van der Waals surface area contributed by atoms with Gasteiger partial charge in [0, 0.05) is 50.5 Å². The molecule has 1 heterocycles. The highest BCUT2D eigenvalue weighted by Gasteiger charge is 2.53. The first-order chi connectivity index (χ1) is 17.4. The van der Waals surface area contributed by atoms with E-state index in [1.54, 1.807) is 11.0 Å². The SMILES string of the molecule is CCN(C(C)Cc1ccc(N=C(/C=C\NC=O)NC(=O)N2CCNCC2)cc1)C1CC2(CC(N)C2)C1. The number of nitrogens with zero attached hydrogens (tertiary/aromatic N) is 3. The number of benzene rings is 1. The molecule has 5 N–H and O–H groups in total. The fourth-order valence-corrected chi connectivity index (χ4v) is 6.12. The molecule has 1 aliphatic heterocycles. The Kier molecular flexibility index (Phi) is 8.77. The molecule has 1 atom stereocenters. The number of nitrogens with one attached hydrogen (secondary N) is 3. The predicted molar refractivity (Wildman–Crippen MR) is 143 cm³/mol. The number of hydrogen-bond acceptors (Lipinski definition) is 6. The third kappa shape index (κ3) is 6.52. The van der Waals surface area contributed by atoms with Crippen LogP contribution in [0.4, 0.5) is 10.5 Å². The molecule has 0 aromatic heterocycles. The van der Waals surface area contributed by atoms with Crippen molar-refractivity contribution in [3.05, 3.63) is 42.1 Å². The standard InChI is InChI=1S/C27H41N7O2/c1-3-34(24-17-27(18-24)15-22(28)16-27)20(2)14-21-4-6-23(7-5-21)31-25(8-9-30-19-35)32-26(36)33-12-10-29-11-13-33/h4-9,19-20,22,24,29H,3,10-18,28H2,1-2H3,(H,30,35)(H,31,32,36)/b9-8-. The number of aliphatic imine (C=N–C) groups is 1. The Bertz CT molecular complexity index is 941. The second kappa shape index (κ2) is 12.0. The Hall–Kier alpha value is -2.75. The Morgan fingerprint density at radius 2 is 1.94 bits per heavy atom. The number of likely N-dealkylation sites (N-methyl/N-ethyl adjacent to an activating group) is 1. The monoisotopic (exact) mass is 495 g/mol. The van der Waals surface area contributed by atoms with Gasteiger partial charge in [-0.3, -0.25) is 15.0 Å². The Balaban J connectivity index is 1.35. The fraction of sp³-hybridized carbons (Fsp3) is 0.593. The minimum Gasteiger partial charge on any atom is -0.335 e. The zero-order valence-electron chi connectivity index (χ0n) is 21.6. The highest BCUT2D eigenvalue weighted by atomic mass is 16.2. The smallest absolute Gasteiger partial charge is 0.323 e. The van der Waals surface area contributed by atoms with Gasteiger partial charge >= 0.3 is 6.03 Å². The van der Waals surface area contributed by atoms with E-state index in [1.807, 2.05) is 12.1 Å². The van der Waals surface area contributed by atoms with Crippen molar-refractivity contribution in [2.75, 3.05) is 32.7 Å². The third-order valence-electron chi connectivity index (χ3n) is 7.89. The molecule has 9 heteroatoms. The van der Waals surface area contributed by atoms with E-state index >= 15 is 0 Å². The van der Waals surface area contributed by atoms with E-state index in [9.17, 15) is 9.59 Å². The van der Waals surface area contributed by atoms with Crippen LogP contribution >= 0.6 is 0 Å². The second-order valence-corrected chi connectivity index (χ2v) is 10.6. The van der Waals surface area contributed by atoms with Crippen LogP contribution in [0.5, 0.6) is 0 Å². The quantitative estimate of drug-likeness (QED) is 0.238. The zero-order valence-corrected chi connectivity index (χ0v) is 21.6. The summed E-state index contributed by atoms with van der Waals surface area (Å²) >= 11 is 0. The third-order valence-corrected chi connectivity index (χ3v) is 7.89. The predicted octanol–water partition coefficient (Wildman–Crippen LogP) is 2.11. The van der Waals surface area contributed by atoms with Crippen LogP contribution in [0.15, 0.2) is 41.5 Å². The summed E-state index contributed by atoms with van der Waals surface area (Å²) in [6.45, 7) is 8.48. The summed E-state index contributed by atoms with van der Waals surface area (Å²) in [5.41, 5.74) is 8.60. The van der Waals surface area contributed by atoms with Gasteiger partial charge in [0.2, 0.25) is 6.41 Å². The van der Waals surface area contributed by atoms with Crippen LogP contribution in [0.25, 0.3) is 0 Å². The van der Waals surface area contributed by atoms with Gasteiger partial charge in [-0.25, -0.2) is 9.79 Å².